The maximum Gasteiger partial charge on any atom is 0.226 e. The zero-order valence-corrected chi connectivity index (χ0v) is 16.4. The molecule has 7 nitrogen and oxygen atoms in total. The molecule has 0 atom stereocenters. The van der Waals surface area contributed by atoms with E-state index in [1.807, 2.05) is 12.1 Å². The first kappa shape index (κ1) is 21.1. The van der Waals surface area contributed by atoms with Gasteiger partial charge in [-0.1, -0.05) is 0 Å². The summed E-state index contributed by atoms with van der Waals surface area (Å²) in [6.07, 6.45) is 0.203. The quantitative estimate of drug-likeness (QED) is 0.679. The first-order valence-corrected chi connectivity index (χ1v) is 8.98. The normalized spacial score (nSPS) is 10.1. The SMILES string of the molecule is COc1ccc(NC(=O)CCN(CCOc2ccc(OC)cc2)C(C)=O)cc1. The first-order chi connectivity index (χ1) is 13.5. The molecular formula is C21H26N2O5. The summed E-state index contributed by atoms with van der Waals surface area (Å²) in [6.45, 7) is 2.54. The van der Waals surface area contributed by atoms with Gasteiger partial charge in [0, 0.05) is 25.6 Å². The molecule has 0 heterocycles. The topological polar surface area (TPSA) is 77.1 Å². The third-order valence-corrected chi connectivity index (χ3v) is 4.12. The summed E-state index contributed by atoms with van der Waals surface area (Å²) in [5.74, 6) is 1.91. The Kier molecular flexibility index (Phi) is 8.14. The number of ether oxygens (including phenoxy) is 3. The number of benzene rings is 2. The summed E-state index contributed by atoms with van der Waals surface area (Å²) in [5, 5.41) is 2.80. The number of rotatable bonds is 10. The van der Waals surface area contributed by atoms with Crippen LogP contribution in [0.15, 0.2) is 48.5 Å². The highest BCUT2D eigenvalue weighted by Crippen LogP contribution is 2.17. The van der Waals surface area contributed by atoms with Gasteiger partial charge in [-0.05, 0) is 48.5 Å². The molecule has 0 bridgehead atoms. The van der Waals surface area contributed by atoms with E-state index in [2.05, 4.69) is 5.32 Å². The number of carbonyl (C=O) groups is 2. The van der Waals surface area contributed by atoms with Crippen LogP contribution in [0.4, 0.5) is 5.69 Å². The van der Waals surface area contributed by atoms with E-state index >= 15 is 0 Å². The van der Waals surface area contributed by atoms with Gasteiger partial charge in [0.05, 0.1) is 20.8 Å². The van der Waals surface area contributed by atoms with Crippen molar-refractivity contribution in [2.45, 2.75) is 13.3 Å². The molecule has 2 rings (SSSR count). The third-order valence-electron chi connectivity index (χ3n) is 4.12. The van der Waals surface area contributed by atoms with Crippen molar-refractivity contribution in [3.63, 3.8) is 0 Å². The minimum Gasteiger partial charge on any atom is -0.497 e. The smallest absolute Gasteiger partial charge is 0.226 e. The molecule has 0 saturated heterocycles. The van der Waals surface area contributed by atoms with E-state index in [0.29, 0.717) is 31.1 Å². The van der Waals surface area contributed by atoms with E-state index in [0.717, 1.165) is 11.5 Å². The lowest BCUT2D eigenvalue weighted by atomic mass is 10.3. The molecule has 0 aliphatic carbocycles. The van der Waals surface area contributed by atoms with Crippen molar-refractivity contribution in [1.29, 1.82) is 0 Å². The van der Waals surface area contributed by atoms with Gasteiger partial charge < -0.3 is 24.4 Å². The van der Waals surface area contributed by atoms with Crippen molar-refractivity contribution in [1.82, 2.24) is 4.90 Å². The van der Waals surface area contributed by atoms with Crippen molar-refractivity contribution in [3.8, 4) is 17.2 Å². The van der Waals surface area contributed by atoms with E-state index in [9.17, 15) is 9.59 Å². The Balaban J connectivity index is 1.76. The Hall–Kier alpha value is -3.22. The maximum absolute atomic E-state index is 12.1. The molecule has 0 unspecified atom stereocenters. The highest BCUT2D eigenvalue weighted by molar-refractivity contribution is 5.91. The van der Waals surface area contributed by atoms with Gasteiger partial charge in [0.25, 0.3) is 0 Å². The minimum atomic E-state index is -0.160. The van der Waals surface area contributed by atoms with Crippen LogP contribution in [0.3, 0.4) is 0 Å². The van der Waals surface area contributed by atoms with Gasteiger partial charge in [0.1, 0.15) is 23.9 Å². The second-order valence-corrected chi connectivity index (χ2v) is 6.06. The first-order valence-electron chi connectivity index (χ1n) is 8.98. The van der Waals surface area contributed by atoms with Crippen molar-refractivity contribution >= 4 is 17.5 Å². The minimum absolute atomic E-state index is 0.101. The van der Waals surface area contributed by atoms with E-state index in [4.69, 9.17) is 14.2 Å². The van der Waals surface area contributed by atoms with Crippen LogP contribution in [0.2, 0.25) is 0 Å². The summed E-state index contributed by atoms with van der Waals surface area (Å²) < 4.78 is 15.8. The third kappa shape index (κ3) is 6.83. The van der Waals surface area contributed by atoms with Gasteiger partial charge in [-0.25, -0.2) is 0 Å². The predicted molar refractivity (Wildman–Crippen MR) is 107 cm³/mol. The second-order valence-electron chi connectivity index (χ2n) is 6.06. The number of hydrogen-bond acceptors (Lipinski definition) is 5. The van der Waals surface area contributed by atoms with Gasteiger partial charge in [-0.3, -0.25) is 9.59 Å². The van der Waals surface area contributed by atoms with Crippen LogP contribution in [0.25, 0.3) is 0 Å². The van der Waals surface area contributed by atoms with Crippen LogP contribution in [0, 0.1) is 0 Å². The summed E-state index contributed by atoms with van der Waals surface area (Å²) in [4.78, 5) is 25.5. The number of nitrogens with zero attached hydrogens (tertiary/aromatic N) is 1. The molecule has 0 aliphatic heterocycles. The molecule has 150 valence electrons. The highest BCUT2D eigenvalue weighted by atomic mass is 16.5. The van der Waals surface area contributed by atoms with Crippen LogP contribution in [-0.2, 0) is 9.59 Å². The monoisotopic (exact) mass is 386 g/mol. The van der Waals surface area contributed by atoms with Crippen LogP contribution in [0.5, 0.6) is 17.2 Å². The Morgan fingerprint density at radius 2 is 1.39 bits per heavy atom. The molecule has 0 fully saturated rings. The predicted octanol–water partition coefficient (Wildman–Crippen LogP) is 2.96. The molecule has 0 spiro atoms. The molecule has 2 aromatic carbocycles. The van der Waals surface area contributed by atoms with Crippen molar-refractivity contribution in [3.05, 3.63) is 48.5 Å². The Morgan fingerprint density at radius 3 is 1.93 bits per heavy atom. The van der Waals surface area contributed by atoms with Gasteiger partial charge >= 0.3 is 0 Å². The highest BCUT2D eigenvalue weighted by Gasteiger charge is 2.12. The number of methoxy groups -OCH3 is 2. The van der Waals surface area contributed by atoms with E-state index in [1.165, 1.54) is 6.92 Å². The molecule has 0 aromatic heterocycles. The van der Waals surface area contributed by atoms with Crippen molar-refractivity contribution in [2.24, 2.45) is 0 Å². The number of hydrogen-bond donors (Lipinski definition) is 1. The molecule has 1 N–H and O–H groups in total. The van der Waals surface area contributed by atoms with E-state index in [-0.39, 0.29) is 18.2 Å². The lowest BCUT2D eigenvalue weighted by Crippen LogP contribution is -2.35. The van der Waals surface area contributed by atoms with Crippen LogP contribution < -0.4 is 19.5 Å². The summed E-state index contributed by atoms with van der Waals surface area (Å²) >= 11 is 0. The molecule has 2 amide bonds. The number of nitrogens with one attached hydrogen (secondary N) is 1. The maximum atomic E-state index is 12.1. The van der Waals surface area contributed by atoms with E-state index < -0.39 is 0 Å². The summed E-state index contributed by atoms with van der Waals surface area (Å²) in [7, 11) is 3.19. The van der Waals surface area contributed by atoms with Gasteiger partial charge in [0.15, 0.2) is 0 Å². The Bertz CT molecular complexity index is 759. The zero-order chi connectivity index (χ0) is 20.4. The fraction of sp³-hybridized carbons (Fsp3) is 0.333. The van der Waals surface area contributed by atoms with Crippen LogP contribution >= 0.6 is 0 Å². The molecule has 0 aliphatic rings. The summed E-state index contributed by atoms with van der Waals surface area (Å²) in [5.41, 5.74) is 0.683. The van der Waals surface area contributed by atoms with Crippen LogP contribution in [0.1, 0.15) is 13.3 Å². The molecule has 7 heteroatoms. The zero-order valence-electron chi connectivity index (χ0n) is 16.4. The van der Waals surface area contributed by atoms with Gasteiger partial charge in [-0.2, -0.15) is 0 Å². The number of carbonyl (C=O) groups excluding carboxylic acids is 2. The van der Waals surface area contributed by atoms with E-state index in [1.54, 1.807) is 55.5 Å². The van der Waals surface area contributed by atoms with Gasteiger partial charge in [0.2, 0.25) is 11.8 Å². The number of anilines is 1. The molecule has 2 aromatic rings. The summed E-state index contributed by atoms with van der Waals surface area (Å²) in [6, 6.07) is 14.3. The van der Waals surface area contributed by atoms with Crippen LogP contribution in [-0.4, -0.2) is 50.6 Å². The van der Waals surface area contributed by atoms with Crippen molar-refractivity contribution in [2.75, 3.05) is 39.2 Å². The average molecular weight is 386 g/mol. The fourth-order valence-corrected chi connectivity index (χ4v) is 2.51. The number of amides is 2. The standard InChI is InChI=1S/C21H26N2O5/c1-16(24)23(14-15-28-20-10-8-19(27-3)9-11-20)13-12-21(25)22-17-4-6-18(26-2)7-5-17/h4-11H,12-15H2,1-3H3,(H,22,25). The largest absolute Gasteiger partial charge is 0.497 e. The molecular weight excluding hydrogens is 360 g/mol. The Labute approximate surface area is 165 Å². The fourth-order valence-electron chi connectivity index (χ4n) is 2.51. The molecule has 0 saturated carbocycles. The average Bonchev–Trinajstić information content (AvgIpc) is 2.71. The molecule has 28 heavy (non-hydrogen) atoms. The molecule has 0 radical (unpaired) electrons. The van der Waals surface area contributed by atoms with Gasteiger partial charge in [-0.15, -0.1) is 0 Å². The second kappa shape index (κ2) is 10.8. The lowest BCUT2D eigenvalue weighted by molar-refractivity contribution is -0.129. The van der Waals surface area contributed by atoms with Crippen molar-refractivity contribution < 1.29 is 23.8 Å². The lowest BCUT2D eigenvalue weighted by Gasteiger charge is -2.21. The Morgan fingerprint density at radius 1 is 0.857 bits per heavy atom.